The molecule has 1 fully saturated rings. The fraction of sp³-hybridized carbons (Fsp3) is 0.529. The molecule has 0 atom stereocenters. The van der Waals surface area contributed by atoms with E-state index in [0.717, 1.165) is 6.07 Å². The maximum absolute atomic E-state index is 14.1. The molecule has 0 unspecified atom stereocenters. The number of rotatable bonds is 6. The molecule has 0 spiro atoms. The van der Waals surface area contributed by atoms with Crippen LogP contribution < -0.4 is 15.2 Å². The zero-order chi connectivity index (χ0) is 17.7. The van der Waals surface area contributed by atoms with Gasteiger partial charge in [0.1, 0.15) is 5.75 Å². The first-order valence-corrected chi connectivity index (χ1v) is 7.96. The molecule has 1 aromatic carbocycles. The molecule has 6 nitrogen and oxygen atoms in total. The summed E-state index contributed by atoms with van der Waals surface area (Å²) in [5.41, 5.74) is 5.34. The second-order valence-corrected chi connectivity index (χ2v) is 5.69. The first kappa shape index (κ1) is 18.0. The summed E-state index contributed by atoms with van der Waals surface area (Å²) in [6.45, 7) is 2.14. The fourth-order valence-corrected chi connectivity index (χ4v) is 2.84. The lowest BCUT2D eigenvalue weighted by Crippen LogP contribution is -2.29. The number of halogens is 1. The normalized spacial score (nSPS) is 20.3. The number of amides is 1. The summed E-state index contributed by atoms with van der Waals surface area (Å²) in [4.78, 5) is 23.1. The number of hydrogen-bond donors (Lipinski definition) is 1. The van der Waals surface area contributed by atoms with Crippen LogP contribution in [-0.2, 0) is 9.53 Å². The van der Waals surface area contributed by atoms with Crippen LogP contribution in [0, 0.1) is 11.7 Å². The number of methoxy groups -OCH3 is 1. The van der Waals surface area contributed by atoms with Gasteiger partial charge in [0.15, 0.2) is 11.6 Å². The van der Waals surface area contributed by atoms with Crippen molar-refractivity contribution < 1.29 is 28.2 Å². The Morgan fingerprint density at radius 2 is 1.88 bits per heavy atom. The van der Waals surface area contributed by atoms with Crippen molar-refractivity contribution in [2.75, 3.05) is 13.7 Å². The standard InChI is InChI=1S/C17H22FNO5/c1-3-23-17(21)10-4-6-11(7-5-10)24-15-8-12(16(19)20)14(22-2)9-13(15)18/h8-11H,3-7H2,1-2H3,(H2,19,20). The summed E-state index contributed by atoms with van der Waals surface area (Å²) >= 11 is 0. The largest absolute Gasteiger partial charge is 0.496 e. The van der Waals surface area contributed by atoms with Gasteiger partial charge in [-0.05, 0) is 38.7 Å². The van der Waals surface area contributed by atoms with Gasteiger partial charge in [-0.3, -0.25) is 9.59 Å². The molecule has 132 valence electrons. The molecule has 0 heterocycles. The van der Waals surface area contributed by atoms with E-state index in [2.05, 4.69) is 0 Å². The predicted molar refractivity (Wildman–Crippen MR) is 84.5 cm³/mol. The van der Waals surface area contributed by atoms with Crippen LogP contribution in [0.1, 0.15) is 43.0 Å². The molecule has 0 saturated heterocycles. The van der Waals surface area contributed by atoms with Crippen LogP contribution in [0.5, 0.6) is 11.5 Å². The van der Waals surface area contributed by atoms with Crippen molar-refractivity contribution in [1.29, 1.82) is 0 Å². The molecular weight excluding hydrogens is 317 g/mol. The molecule has 7 heteroatoms. The van der Waals surface area contributed by atoms with E-state index in [4.69, 9.17) is 19.9 Å². The summed E-state index contributed by atoms with van der Waals surface area (Å²) in [6.07, 6.45) is 2.26. The van der Waals surface area contributed by atoms with E-state index in [9.17, 15) is 14.0 Å². The zero-order valence-electron chi connectivity index (χ0n) is 13.8. The van der Waals surface area contributed by atoms with Gasteiger partial charge in [-0.25, -0.2) is 4.39 Å². The predicted octanol–water partition coefficient (Wildman–Crippen LogP) is 2.43. The van der Waals surface area contributed by atoms with E-state index in [0.29, 0.717) is 32.3 Å². The molecule has 1 aliphatic carbocycles. The van der Waals surface area contributed by atoms with Crippen molar-refractivity contribution in [3.8, 4) is 11.5 Å². The Bertz CT molecular complexity index is 611. The summed E-state index contributed by atoms with van der Waals surface area (Å²) in [5, 5.41) is 0. The minimum absolute atomic E-state index is 0.0378. The van der Waals surface area contributed by atoms with E-state index in [1.807, 2.05) is 0 Å². The molecule has 0 aromatic heterocycles. The van der Waals surface area contributed by atoms with Crippen LogP contribution in [-0.4, -0.2) is 31.7 Å². The number of benzene rings is 1. The highest BCUT2D eigenvalue weighted by atomic mass is 19.1. The van der Waals surface area contributed by atoms with Crippen molar-refractivity contribution in [2.45, 2.75) is 38.7 Å². The number of carbonyl (C=O) groups is 2. The SMILES string of the molecule is CCOC(=O)C1CCC(Oc2cc(C(N)=O)c(OC)cc2F)CC1. The van der Waals surface area contributed by atoms with Gasteiger partial charge in [0, 0.05) is 6.07 Å². The third kappa shape index (κ3) is 4.15. The minimum Gasteiger partial charge on any atom is -0.496 e. The van der Waals surface area contributed by atoms with Gasteiger partial charge in [0.25, 0.3) is 5.91 Å². The van der Waals surface area contributed by atoms with Crippen LogP contribution in [0.15, 0.2) is 12.1 Å². The van der Waals surface area contributed by atoms with Crippen molar-refractivity contribution in [2.24, 2.45) is 11.7 Å². The number of nitrogens with two attached hydrogens (primary N) is 1. The van der Waals surface area contributed by atoms with Crippen LogP contribution in [0.2, 0.25) is 0 Å². The van der Waals surface area contributed by atoms with Gasteiger partial charge in [0.05, 0.1) is 31.3 Å². The summed E-state index contributed by atoms with van der Waals surface area (Å²) in [7, 11) is 1.33. The fourth-order valence-electron chi connectivity index (χ4n) is 2.84. The Labute approximate surface area is 140 Å². The van der Waals surface area contributed by atoms with Crippen LogP contribution in [0.25, 0.3) is 0 Å². The number of carbonyl (C=O) groups excluding carboxylic acids is 2. The smallest absolute Gasteiger partial charge is 0.308 e. The van der Waals surface area contributed by atoms with Crippen molar-refractivity contribution >= 4 is 11.9 Å². The lowest BCUT2D eigenvalue weighted by Gasteiger charge is -2.28. The second-order valence-electron chi connectivity index (χ2n) is 5.69. The lowest BCUT2D eigenvalue weighted by molar-refractivity contribution is -0.149. The maximum atomic E-state index is 14.1. The molecule has 0 aliphatic heterocycles. The highest BCUT2D eigenvalue weighted by Gasteiger charge is 2.29. The average molecular weight is 339 g/mol. The van der Waals surface area contributed by atoms with Crippen LogP contribution in [0.4, 0.5) is 4.39 Å². The van der Waals surface area contributed by atoms with Crippen molar-refractivity contribution in [1.82, 2.24) is 0 Å². The lowest BCUT2D eigenvalue weighted by atomic mass is 9.87. The van der Waals surface area contributed by atoms with Gasteiger partial charge < -0.3 is 19.9 Å². The third-order valence-corrected chi connectivity index (χ3v) is 4.11. The second kappa shape index (κ2) is 7.99. The van der Waals surface area contributed by atoms with E-state index < -0.39 is 11.7 Å². The summed E-state index contributed by atoms with van der Waals surface area (Å²) in [6, 6.07) is 2.34. The Hall–Kier alpha value is -2.31. The van der Waals surface area contributed by atoms with Crippen molar-refractivity contribution in [3.63, 3.8) is 0 Å². The molecule has 1 aliphatic rings. The van der Waals surface area contributed by atoms with Crippen molar-refractivity contribution in [3.05, 3.63) is 23.5 Å². The average Bonchev–Trinajstić information content (AvgIpc) is 2.57. The van der Waals surface area contributed by atoms with Gasteiger partial charge in [-0.2, -0.15) is 0 Å². The molecule has 0 radical (unpaired) electrons. The zero-order valence-corrected chi connectivity index (χ0v) is 13.8. The highest BCUT2D eigenvalue weighted by Crippen LogP contribution is 2.32. The molecule has 24 heavy (non-hydrogen) atoms. The van der Waals surface area contributed by atoms with Gasteiger partial charge in [-0.1, -0.05) is 0 Å². The quantitative estimate of drug-likeness (QED) is 0.804. The molecule has 1 amide bonds. The number of primary amides is 1. The molecule has 2 rings (SSSR count). The summed E-state index contributed by atoms with van der Waals surface area (Å²) in [5.74, 6) is -1.64. The first-order valence-electron chi connectivity index (χ1n) is 7.96. The molecule has 1 aromatic rings. The Morgan fingerprint density at radius 3 is 2.42 bits per heavy atom. The van der Waals surface area contributed by atoms with Crippen LogP contribution in [0.3, 0.4) is 0 Å². The highest BCUT2D eigenvalue weighted by molar-refractivity contribution is 5.96. The van der Waals surface area contributed by atoms with E-state index in [-0.39, 0.29) is 35.1 Å². The molecule has 2 N–H and O–H groups in total. The Morgan fingerprint density at radius 1 is 1.21 bits per heavy atom. The Balaban J connectivity index is 2.03. The van der Waals surface area contributed by atoms with Gasteiger partial charge in [0.2, 0.25) is 0 Å². The number of esters is 1. The first-order chi connectivity index (χ1) is 11.5. The van der Waals surface area contributed by atoms with E-state index in [1.54, 1.807) is 6.92 Å². The van der Waals surface area contributed by atoms with E-state index in [1.165, 1.54) is 13.2 Å². The minimum atomic E-state index is -0.720. The monoisotopic (exact) mass is 339 g/mol. The Kier molecular flexibility index (Phi) is 6.00. The summed E-state index contributed by atoms with van der Waals surface area (Å²) < 4.78 is 29.7. The van der Waals surface area contributed by atoms with Gasteiger partial charge >= 0.3 is 5.97 Å². The maximum Gasteiger partial charge on any atom is 0.308 e. The number of hydrogen-bond acceptors (Lipinski definition) is 5. The molecular formula is C17H22FNO5. The van der Waals surface area contributed by atoms with Crippen LogP contribution >= 0.6 is 0 Å². The molecule has 0 bridgehead atoms. The third-order valence-electron chi connectivity index (χ3n) is 4.11. The molecule has 1 saturated carbocycles. The number of ether oxygens (including phenoxy) is 3. The topological polar surface area (TPSA) is 87.9 Å². The van der Waals surface area contributed by atoms with E-state index >= 15 is 0 Å². The van der Waals surface area contributed by atoms with Gasteiger partial charge in [-0.15, -0.1) is 0 Å².